The van der Waals surface area contributed by atoms with Crippen LogP contribution in [0.5, 0.6) is 0 Å². The van der Waals surface area contributed by atoms with Crippen LogP contribution in [-0.4, -0.2) is 8.32 Å². The van der Waals surface area contributed by atoms with Crippen molar-refractivity contribution in [2.75, 3.05) is 0 Å². The molecule has 0 fully saturated rings. The van der Waals surface area contributed by atoms with Gasteiger partial charge in [0.25, 0.3) is 0 Å². The second-order valence-electron chi connectivity index (χ2n) is 9.10. The molecule has 0 spiro atoms. The van der Waals surface area contributed by atoms with E-state index in [1.807, 2.05) is 0 Å². The first-order chi connectivity index (χ1) is 12.4. The van der Waals surface area contributed by atoms with Gasteiger partial charge in [-0.3, -0.25) is 4.80 Å². The SMILES string of the molecule is CCCCCCC(C)[Si]([O])(C(C)CCCCCC)C(C)CCCCCC. The fourth-order valence-electron chi connectivity index (χ4n) is 4.77. The lowest BCUT2D eigenvalue weighted by Crippen LogP contribution is -2.46. The van der Waals surface area contributed by atoms with E-state index in [4.69, 9.17) is 0 Å². The fraction of sp³-hybridized carbons (Fsp3) is 1.00. The molecule has 0 rings (SSSR count). The summed E-state index contributed by atoms with van der Waals surface area (Å²) >= 11 is 0. The van der Waals surface area contributed by atoms with Gasteiger partial charge in [0.15, 0.2) is 0 Å². The first-order valence-electron chi connectivity index (χ1n) is 12.1. The number of unbranched alkanes of at least 4 members (excludes halogenated alkanes) is 9. The molecule has 0 aliphatic rings. The third-order valence-corrected chi connectivity index (χ3v) is 12.3. The van der Waals surface area contributed by atoms with Crippen molar-refractivity contribution >= 4 is 8.32 Å². The van der Waals surface area contributed by atoms with Crippen LogP contribution in [0.25, 0.3) is 0 Å². The average molecular weight is 384 g/mol. The maximum atomic E-state index is 14.3. The molecule has 0 aromatic rings. The molecule has 0 heterocycles. The van der Waals surface area contributed by atoms with Gasteiger partial charge in [-0.1, -0.05) is 138 Å². The molecule has 157 valence electrons. The van der Waals surface area contributed by atoms with Crippen molar-refractivity contribution in [2.45, 2.75) is 154 Å². The van der Waals surface area contributed by atoms with Crippen LogP contribution in [-0.2, 0) is 4.80 Å². The van der Waals surface area contributed by atoms with Crippen LogP contribution in [0.3, 0.4) is 0 Å². The zero-order valence-corrected chi connectivity index (χ0v) is 20.2. The highest BCUT2D eigenvalue weighted by atomic mass is 28.4. The topological polar surface area (TPSA) is 19.9 Å². The van der Waals surface area contributed by atoms with Crippen molar-refractivity contribution < 1.29 is 4.80 Å². The molecule has 0 saturated heterocycles. The normalized spacial score (nSPS) is 17.7. The van der Waals surface area contributed by atoms with Gasteiger partial charge < -0.3 is 0 Å². The summed E-state index contributed by atoms with van der Waals surface area (Å²) in [6.07, 6.45) is 19.2. The highest BCUT2D eigenvalue weighted by Crippen LogP contribution is 2.46. The Kier molecular flexibility index (Phi) is 16.3. The zero-order chi connectivity index (χ0) is 19.8. The summed E-state index contributed by atoms with van der Waals surface area (Å²) in [7, 11) is -2.49. The van der Waals surface area contributed by atoms with E-state index in [2.05, 4.69) is 41.5 Å². The molecule has 0 N–H and O–H groups in total. The van der Waals surface area contributed by atoms with Crippen LogP contribution < -0.4 is 0 Å². The van der Waals surface area contributed by atoms with Gasteiger partial charge in [-0.2, -0.15) is 0 Å². The summed E-state index contributed by atoms with van der Waals surface area (Å²) in [5, 5.41) is 0. The molecule has 26 heavy (non-hydrogen) atoms. The van der Waals surface area contributed by atoms with E-state index in [-0.39, 0.29) is 0 Å². The minimum Gasteiger partial charge on any atom is -0.296 e. The molecule has 0 aliphatic heterocycles. The third kappa shape index (κ3) is 9.92. The largest absolute Gasteiger partial charge is 0.296 e. The minimum atomic E-state index is -2.49. The molecule has 3 atom stereocenters. The number of rotatable bonds is 18. The number of hydrogen-bond donors (Lipinski definition) is 0. The summed E-state index contributed by atoms with van der Waals surface area (Å²) in [5.41, 5.74) is 1.34. The van der Waals surface area contributed by atoms with Crippen LogP contribution in [0.4, 0.5) is 0 Å². The Balaban J connectivity index is 4.80. The molecule has 0 saturated carbocycles. The van der Waals surface area contributed by atoms with Crippen molar-refractivity contribution in [3.8, 4) is 0 Å². The minimum absolute atomic E-state index is 0.446. The van der Waals surface area contributed by atoms with Gasteiger partial charge in [0.2, 0.25) is 8.32 Å². The smallest absolute Gasteiger partial charge is 0.245 e. The first kappa shape index (κ1) is 26.2. The van der Waals surface area contributed by atoms with Crippen molar-refractivity contribution in [3.05, 3.63) is 0 Å². The van der Waals surface area contributed by atoms with Crippen LogP contribution in [0.2, 0.25) is 16.6 Å². The Morgan fingerprint density at radius 1 is 0.500 bits per heavy atom. The first-order valence-corrected chi connectivity index (χ1v) is 14.3. The van der Waals surface area contributed by atoms with Gasteiger partial charge in [-0.15, -0.1) is 0 Å². The highest BCUT2D eigenvalue weighted by Gasteiger charge is 2.48. The van der Waals surface area contributed by atoms with Gasteiger partial charge in [0.1, 0.15) is 0 Å². The van der Waals surface area contributed by atoms with Crippen LogP contribution >= 0.6 is 0 Å². The Bertz CT molecular complexity index is 259. The quantitative estimate of drug-likeness (QED) is 0.166. The number of hydrogen-bond acceptors (Lipinski definition) is 0. The van der Waals surface area contributed by atoms with Gasteiger partial charge in [-0.25, -0.2) is 0 Å². The van der Waals surface area contributed by atoms with E-state index >= 15 is 0 Å². The van der Waals surface area contributed by atoms with E-state index in [1.165, 1.54) is 96.3 Å². The molecule has 0 aromatic heterocycles. The van der Waals surface area contributed by atoms with Crippen molar-refractivity contribution in [2.24, 2.45) is 0 Å². The Hall–Kier alpha value is 0.177. The molecule has 1 nitrogen and oxygen atoms in total. The standard InChI is InChI=1S/C24H51OSi/c1-7-10-13-16-19-22(4)26(25,23(5)20-17-14-11-8-2)24(6)21-18-15-12-9-3/h22-24H,7-21H2,1-6H3. The zero-order valence-electron chi connectivity index (χ0n) is 19.2. The monoisotopic (exact) mass is 383 g/mol. The van der Waals surface area contributed by atoms with Gasteiger partial charge in [0.05, 0.1) is 0 Å². The van der Waals surface area contributed by atoms with Crippen molar-refractivity contribution in [1.82, 2.24) is 0 Å². The maximum absolute atomic E-state index is 14.3. The van der Waals surface area contributed by atoms with E-state index in [0.717, 1.165) is 0 Å². The predicted molar refractivity (Wildman–Crippen MR) is 121 cm³/mol. The maximum Gasteiger partial charge on any atom is 0.245 e. The average Bonchev–Trinajstić information content (AvgIpc) is 2.64. The molecular weight excluding hydrogens is 332 g/mol. The van der Waals surface area contributed by atoms with E-state index in [9.17, 15) is 4.80 Å². The second kappa shape index (κ2) is 16.2. The lowest BCUT2D eigenvalue weighted by molar-refractivity contribution is 0.346. The Morgan fingerprint density at radius 2 is 0.769 bits per heavy atom. The summed E-state index contributed by atoms with van der Waals surface area (Å²) < 4.78 is 0. The lowest BCUT2D eigenvalue weighted by atomic mass is 10.1. The molecule has 2 heteroatoms. The van der Waals surface area contributed by atoms with Crippen molar-refractivity contribution in [3.63, 3.8) is 0 Å². The molecule has 0 amide bonds. The third-order valence-electron chi connectivity index (χ3n) is 6.78. The lowest BCUT2D eigenvalue weighted by Gasteiger charge is -2.39. The summed E-state index contributed by atoms with van der Waals surface area (Å²) in [6.45, 7) is 13.8. The Labute approximate surface area is 167 Å². The van der Waals surface area contributed by atoms with Gasteiger partial charge in [-0.05, 0) is 16.6 Å². The second-order valence-corrected chi connectivity index (χ2v) is 13.8. The van der Waals surface area contributed by atoms with E-state index < -0.39 is 8.32 Å². The summed E-state index contributed by atoms with van der Waals surface area (Å²) in [4.78, 5) is 14.3. The summed E-state index contributed by atoms with van der Waals surface area (Å²) in [6, 6.07) is 0. The van der Waals surface area contributed by atoms with E-state index in [0.29, 0.717) is 16.6 Å². The van der Waals surface area contributed by atoms with Crippen molar-refractivity contribution in [1.29, 1.82) is 0 Å². The predicted octanol–water partition coefficient (Wildman–Crippen LogP) is 9.44. The van der Waals surface area contributed by atoms with E-state index in [1.54, 1.807) is 0 Å². The van der Waals surface area contributed by atoms with Crippen LogP contribution in [0.1, 0.15) is 138 Å². The molecule has 3 unspecified atom stereocenters. The van der Waals surface area contributed by atoms with Gasteiger partial charge >= 0.3 is 0 Å². The van der Waals surface area contributed by atoms with Gasteiger partial charge in [0, 0.05) is 0 Å². The molecule has 0 aliphatic carbocycles. The van der Waals surface area contributed by atoms with Crippen LogP contribution in [0, 0.1) is 0 Å². The molecule has 0 aromatic carbocycles. The highest BCUT2D eigenvalue weighted by molar-refractivity contribution is 6.76. The fourth-order valence-corrected chi connectivity index (χ4v) is 9.65. The molecular formula is C24H51OSi. The van der Waals surface area contributed by atoms with Crippen LogP contribution in [0.15, 0.2) is 0 Å². The Morgan fingerprint density at radius 3 is 1.00 bits per heavy atom. The molecule has 1 radical (unpaired) electrons. The molecule has 0 bridgehead atoms. The summed E-state index contributed by atoms with van der Waals surface area (Å²) in [5.74, 6) is 0.